The van der Waals surface area contributed by atoms with Crippen LogP contribution in [0.25, 0.3) is 11.0 Å². The number of nitrogens with zero attached hydrogens (tertiary/aromatic N) is 3. The topological polar surface area (TPSA) is 30.7 Å². The summed E-state index contributed by atoms with van der Waals surface area (Å²) >= 11 is 3.36. The van der Waals surface area contributed by atoms with Crippen LogP contribution in [0.1, 0.15) is 5.82 Å². The van der Waals surface area contributed by atoms with E-state index in [1.54, 1.807) is 6.20 Å². The van der Waals surface area contributed by atoms with Crippen molar-refractivity contribution in [2.45, 2.75) is 6.92 Å². The first-order valence-electron chi connectivity index (χ1n) is 3.63. The second kappa shape index (κ2) is 2.55. The maximum atomic E-state index is 4.37. The van der Waals surface area contributed by atoms with Gasteiger partial charge < -0.3 is 4.57 Å². The maximum Gasteiger partial charge on any atom is 0.133 e. The van der Waals surface area contributed by atoms with E-state index >= 15 is 0 Å². The molecule has 2 rings (SSSR count). The molecule has 62 valence electrons. The third-order valence-electron chi connectivity index (χ3n) is 1.98. The standard InChI is InChI=1S/C8H8BrN3/c1-5-11-7-6(12(5)2)3-4-10-8(7)9/h3-4H,1-2H3. The molecular weight excluding hydrogens is 218 g/mol. The van der Waals surface area contributed by atoms with Gasteiger partial charge in [-0.15, -0.1) is 0 Å². The predicted molar refractivity (Wildman–Crippen MR) is 50.9 cm³/mol. The van der Waals surface area contributed by atoms with Gasteiger partial charge in [-0.05, 0) is 28.9 Å². The van der Waals surface area contributed by atoms with E-state index in [9.17, 15) is 0 Å². The molecule has 0 spiro atoms. The van der Waals surface area contributed by atoms with Crippen LogP contribution in [0.2, 0.25) is 0 Å². The molecule has 4 heteroatoms. The first kappa shape index (κ1) is 7.73. The van der Waals surface area contributed by atoms with Crippen LogP contribution in [0.4, 0.5) is 0 Å². The molecule has 2 aromatic heterocycles. The Labute approximate surface area is 78.6 Å². The monoisotopic (exact) mass is 225 g/mol. The Kier molecular flexibility index (Phi) is 1.65. The van der Waals surface area contributed by atoms with Crippen LogP contribution in [-0.4, -0.2) is 14.5 Å². The Bertz CT molecular complexity index is 433. The zero-order valence-electron chi connectivity index (χ0n) is 6.87. The van der Waals surface area contributed by atoms with Gasteiger partial charge in [-0.1, -0.05) is 0 Å². The lowest BCUT2D eigenvalue weighted by molar-refractivity contribution is 0.886. The molecule has 0 unspecified atom stereocenters. The van der Waals surface area contributed by atoms with Crippen LogP contribution in [0.15, 0.2) is 16.9 Å². The highest BCUT2D eigenvalue weighted by Gasteiger charge is 2.06. The average molecular weight is 226 g/mol. The van der Waals surface area contributed by atoms with E-state index in [0.717, 1.165) is 21.5 Å². The van der Waals surface area contributed by atoms with Gasteiger partial charge in [0.2, 0.25) is 0 Å². The fourth-order valence-electron chi connectivity index (χ4n) is 1.20. The van der Waals surface area contributed by atoms with Crippen LogP contribution >= 0.6 is 15.9 Å². The molecule has 0 radical (unpaired) electrons. The van der Waals surface area contributed by atoms with E-state index in [-0.39, 0.29) is 0 Å². The molecule has 0 aliphatic rings. The minimum absolute atomic E-state index is 0.809. The summed E-state index contributed by atoms with van der Waals surface area (Å²) in [5.74, 6) is 0.999. The molecule has 0 aliphatic heterocycles. The number of hydrogen-bond acceptors (Lipinski definition) is 2. The summed E-state index contributed by atoms with van der Waals surface area (Å²) in [7, 11) is 2.00. The van der Waals surface area contributed by atoms with Crippen molar-refractivity contribution in [2.75, 3.05) is 0 Å². The van der Waals surface area contributed by atoms with Gasteiger partial charge in [0, 0.05) is 13.2 Å². The van der Waals surface area contributed by atoms with Crippen molar-refractivity contribution in [3.05, 3.63) is 22.7 Å². The Morgan fingerprint density at radius 1 is 1.50 bits per heavy atom. The largest absolute Gasteiger partial charge is 0.331 e. The molecule has 0 saturated heterocycles. The fourth-order valence-corrected chi connectivity index (χ4v) is 1.61. The number of aryl methyl sites for hydroxylation is 2. The second-order valence-electron chi connectivity index (χ2n) is 2.69. The highest BCUT2D eigenvalue weighted by molar-refractivity contribution is 9.10. The van der Waals surface area contributed by atoms with Crippen LogP contribution in [0, 0.1) is 6.92 Å². The normalized spacial score (nSPS) is 10.9. The number of imidazole rings is 1. The number of halogens is 1. The number of hydrogen-bond donors (Lipinski definition) is 0. The van der Waals surface area contributed by atoms with Crippen molar-refractivity contribution < 1.29 is 0 Å². The molecular formula is C8H8BrN3. The van der Waals surface area contributed by atoms with Crippen LogP contribution in [-0.2, 0) is 7.05 Å². The van der Waals surface area contributed by atoms with Gasteiger partial charge in [-0.2, -0.15) is 0 Å². The van der Waals surface area contributed by atoms with E-state index in [0.29, 0.717) is 0 Å². The molecule has 0 N–H and O–H groups in total. The number of aromatic nitrogens is 3. The Balaban J connectivity index is 2.95. The van der Waals surface area contributed by atoms with Gasteiger partial charge in [-0.3, -0.25) is 0 Å². The van der Waals surface area contributed by atoms with Gasteiger partial charge >= 0.3 is 0 Å². The molecule has 2 heterocycles. The third-order valence-corrected chi connectivity index (χ3v) is 2.56. The van der Waals surface area contributed by atoms with Crippen molar-refractivity contribution in [1.29, 1.82) is 0 Å². The van der Waals surface area contributed by atoms with Gasteiger partial charge in [0.05, 0.1) is 5.52 Å². The van der Waals surface area contributed by atoms with Crippen LogP contribution in [0.3, 0.4) is 0 Å². The van der Waals surface area contributed by atoms with Crippen LogP contribution in [0.5, 0.6) is 0 Å². The quantitative estimate of drug-likeness (QED) is 0.643. The smallest absolute Gasteiger partial charge is 0.133 e. The fraction of sp³-hybridized carbons (Fsp3) is 0.250. The molecule has 2 aromatic rings. The Hall–Kier alpha value is -0.900. The number of fused-ring (bicyclic) bond motifs is 1. The Morgan fingerprint density at radius 3 is 2.92 bits per heavy atom. The predicted octanol–water partition coefficient (Wildman–Crippen LogP) is 2.04. The van der Waals surface area contributed by atoms with Gasteiger partial charge in [0.15, 0.2) is 0 Å². The SMILES string of the molecule is Cc1nc2c(Br)nccc2n1C. The molecule has 3 nitrogen and oxygen atoms in total. The van der Waals surface area contributed by atoms with E-state index in [4.69, 9.17) is 0 Å². The summed E-state index contributed by atoms with van der Waals surface area (Å²) in [6, 6.07) is 1.96. The van der Waals surface area contributed by atoms with Crippen LogP contribution < -0.4 is 0 Å². The first-order valence-corrected chi connectivity index (χ1v) is 4.43. The Morgan fingerprint density at radius 2 is 2.25 bits per heavy atom. The van der Waals surface area contributed by atoms with E-state index in [1.165, 1.54) is 0 Å². The summed E-state index contributed by atoms with van der Waals surface area (Å²) in [4.78, 5) is 8.47. The second-order valence-corrected chi connectivity index (χ2v) is 3.44. The number of pyridine rings is 1. The molecule has 0 aromatic carbocycles. The summed E-state index contributed by atoms with van der Waals surface area (Å²) in [5, 5.41) is 0. The first-order chi connectivity index (χ1) is 5.70. The highest BCUT2D eigenvalue weighted by Crippen LogP contribution is 2.20. The summed E-state index contributed by atoms with van der Waals surface area (Å²) in [6.07, 6.45) is 1.77. The highest BCUT2D eigenvalue weighted by atomic mass is 79.9. The lowest BCUT2D eigenvalue weighted by atomic mass is 10.4. The molecule has 12 heavy (non-hydrogen) atoms. The van der Waals surface area contributed by atoms with E-state index in [2.05, 4.69) is 25.9 Å². The maximum absolute atomic E-state index is 4.37. The average Bonchev–Trinajstić information content (AvgIpc) is 2.32. The lowest BCUT2D eigenvalue weighted by Crippen LogP contribution is -1.89. The minimum Gasteiger partial charge on any atom is -0.331 e. The van der Waals surface area contributed by atoms with Crippen molar-refractivity contribution >= 4 is 27.0 Å². The van der Waals surface area contributed by atoms with E-state index < -0.39 is 0 Å². The van der Waals surface area contributed by atoms with Gasteiger partial charge in [0.25, 0.3) is 0 Å². The molecule has 0 atom stereocenters. The third kappa shape index (κ3) is 0.948. The van der Waals surface area contributed by atoms with Crippen molar-refractivity contribution in [1.82, 2.24) is 14.5 Å². The summed E-state index contributed by atoms with van der Waals surface area (Å²) < 4.78 is 2.85. The van der Waals surface area contributed by atoms with Gasteiger partial charge in [-0.25, -0.2) is 9.97 Å². The molecule has 0 saturated carbocycles. The molecule has 0 fully saturated rings. The molecule has 0 bridgehead atoms. The summed E-state index contributed by atoms with van der Waals surface area (Å²) in [5.41, 5.74) is 2.03. The molecule has 0 amide bonds. The van der Waals surface area contributed by atoms with E-state index in [1.807, 2.05) is 24.6 Å². The van der Waals surface area contributed by atoms with Crippen molar-refractivity contribution in [3.8, 4) is 0 Å². The number of rotatable bonds is 0. The minimum atomic E-state index is 0.809. The summed E-state index contributed by atoms with van der Waals surface area (Å²) in [6.45, 7) is 1.98. The van der Waals surface area contributed by atoms with Gasteiger partial charge in [0.1, 0.15) is 15.9 Å². The zero-order chi connectivity index (χ0) is 8.72. The van der Waals surface area contributed by atoms with Crippen molar-refractivity contribution in [3.63, 3.8) is 0 Å². The molecule has 0 aliphatic carbocycles. The zero-order valence-corrected chi connectivity index (χ0v) is 8.46. The van der Waals surface area contributed by atoms with Crippen molar-refractivity contribution in [2.24, 2.45) is 7.05 Å². The lowest BCUT2D eigenvalue weighted by Gasteiger charge is -1.94.